The molecule has 2 heterocycles. The lowest BCUT2D eigenvalue weighted by Gasteiger charge is -1.97. The van der Waals surface area contributed by atoms with Crippen molar-refractivity contribution in [3.8, 4) is 0 Å². The minimum Gasteiger partial charge on any atom is -0.477 e. The van der Waals surface area contributed by atoms with E-state index in [9.17, 15) is 9.59 Å². The summed E-state index contributed by atoms with van der Waals surface area (Å²) in [6.07, 6.45) is 1.30. The van der Waals surface area contributed by atoms with Gasteiger partial charge in [0.25, 0.3) is 0 Å². The average molecular weight is 257 g/mol. The number of carboxylic acid groups (broad SMARTS) is 1. The van der Waals surface area contributed by atoms with E-state index in [1.54, 1.807) is 5.38 Å². The molecule has 16 heavy (non-hydrogen) atoms. The van der Waals surface area contributed by atoms with Gasteiger partial charge in [-0.15, -0.1) is 0 Å². The number of anilines is 1. The number of aromatic amines is 1. The quantitative estimate of drug-likeness (QED) is 0.765. The minimum absolute atomic E-state index is 0.109. The van der Waals surface area contributed by atoms with Gasteiger partial charge in [-0.1, -0.05) is 22.7 Å². The highest BCUT2D eigenvalue weighted by Gasteiger charge is 2.08. The van der Waals surface area contributed by atoms with Gasteiger partial charge < -0.3 is 15.4 Å². The van der Waals surface area contributed by atoms with Gasteiger partial charge in [-0.05, 0) is 0 Å². The molecule has 0 aliphatic carbocycles. The molecule has 0 aromatic carbocycles. The van der Waals surface area contributed by atoms with Crippen LogP contribution in [0.2, 0.25) is 0 Å². The smallest absolute Gasteiger partial charge is 0.347 e. The Morgan fingerprint density at radius 1 is 1.62 bits per heavy atom. The van der Waals surface area contributed by atoms with Gasteiger partial charge in [-0.25, -0.2) is 9.78 Å². The fourth-order valence-corrected chi connectivity index (χ4v) is 2.26. The number of nitrogens with one attached hydrogen (secondary N) is 2. The number of aromatic carboxylic acids is 1. The molecular formula is C8H7N3O3S2. The van der Waals surface area contributed by atoms with Crippen LogP contribution < -0.4 is 10.2 Å². The van der Waals surface area contributed by atoms with Crippen molar-refractivity contribution in [2.45, 2.75) is 6.54 Å². The molecular weight excluding hydrogens is 250 g/mol. The van der Waals surface area contributed by atoms with E-state index in [4.69, 9.17) is 5.11 Å². The summed E-state index contributed by atoms with van der Waals surface area (Å²) in [4.78, 5) is 28.0. The van der Waals surface area contributed by atoms with Gasteiger partial charge >= 0.3 is 10.8 Å². The van der Waals surface area contributed by atoms with Crippen molar-refractivity contribution in [2.24, 2.45) is 0 Å². The van der Waals surface area contributed by atoms with Gasteiger partial charge in [-0.2, -0.15) is 0 Å². The molecule has 0 unspecified atom stereocenters. The first kappa shape index (κ1) is 10.8. The van der Waals surface area contributed by atoms with E-state index < -0.39 is 5.97 Å². The number of thiazole rings is 2. The van der Waals surface area contributed by atoms with Gasteiger partial charge in [0.05, 0.1) is 12.7 Å². The third-order valence-corrected chi connectivity index (χ3v) is 3.38. The predicted octanol–water partition coefficient (Wildman–Crippen LogP) is 1.20. The van der Waals surface area contributed by atoms with Crippen LogP contribution in [0.3, 0.4) is 0 Å². The van der Waals surface area contributed by atoms with Crippen LogP contribution in [0, 0.1) is 0 Å². The molecule has 8 heteroatoms. The number of carbonyl (C=O) groups is 1. The molecule has 84 valence electrons. The monoisotopic (exact) mass is 257 g/mol. The number of H-pyrrole nitrogens is 1. The Hall–Kier alpha value is -1.67. The highest BCUT2D eigenvalue weighted by molar-refractivity contribution is 7.17. The molecule has 2 aromatic heterocycles. The van der Waals surface area contributed by atoms with Gasteiger partial charge in [-0.3, -0.25) is 4.79 Å². The average Bonchev–Trinajstić information content (AvgIpc) is 2.83. The summed E-state index contributed by atoms with van der Waals surface area (Å²) in [7, 11) is 0. The molecule has 0 radical (unpaired) electrons. The van der Waals surface area contributed by atoms with Crippen molar-refractivity contribution in [3.05, 3.63) is 31.8 Å². The lowest BCUT2D eigenvalue weighted by molar-refractivity contribution is 0.0702. The van der Waals surface area contributed by atoms with Gasteiger partial charge in [0.15, 0.2) is 5.13 Å². The summed E-state index contributed by atoms with van der Waals surface area (Å²) in [5, 5.41) is 13.8. The van der Waals surface area contributed by atoms with Crippen LogP contribution in [0.1, 0.15) is 15.4 Å². The molecule has 0 atom stereocenters. The summed E-state index contributed by atoms with van der Waals surface area (Å²) in [5.74, 6) is -0.991. The predicted molar refractivity (Wildman–Crippen MR) is 61.3 cm³/mol. The topological polar surface area (TPSA) is 95.1 Å². The largest absolute Gasteiger partial charge is 0.477 e. The van der Waals surface area contributed by atoms with Crippen molar-refractivity contribution in [1.29, 1.82) is 0 Å². The summed E-state index contributed by atoms with van der Waals surface area (Å²) in [5.41, 5.74) is 0.752. The van der Waals surface area contributed by atoms with Crippen LogP contribution in [-0.2, 0) is 6.54 Å². The Morgan fingerprint density at radius 2 is 2.44 bits per heavy atom. The molecule has 6 nitrogen and oxygen atoms in total. The molecule has 0 spiro atoms. The van der Waals surface area contributed by atoms with Gasteiger partial charge in [0.1, 0.15) is 4.88 Å². The molecule has 0 aliphatic rings. The Balaban J connectivity index is 1.99. The Morgan fingerprint density at radius 3 is 3.00 bits per heavy atom. The number of hydrogen-bond donors (Lipinski definition) is 3. The van der Waals surface area contributed by atoms with Crippen LogP contribution in [0.4, 0.5) is 5.13 Å². The first-order valence-electron chi connectivity index (χ1n) is 4.25. The zero-order valence-corrected chi connectivity index (χ0v) is 9.52. The summed E-state index contributed by atoms with van der Waals surface area (Å²) < 4.78 is 0. The van der Waals surface area contributed by atoms with Crippen LogP contribution in [0.5, 0.6) is 0 Å². The molecule has 0 saturated carbocycles. The highest BCUT2D eigenvalue weighted by Crippen LogP contribution is 2.18. The fourth-order valence-electron chi connectivity index (χ4n) is 1.03. The van der Waals surface area contributed by atoms with E-state index in [2.05, 4.69) is 15.3 Å². The highest BCUT2D eigenvalue weighted by atomic mass is 32.1. The lowest BCUT2D eigenvalue weighted by atomic mass is 10.5. The molecule has 0 saturated heterocycles. The molecule has 0 amide bonds. The lowest BCUT2D eigenvalue weighted by Crippen LogP contribution is -2.02. The van der Waals surface area contributed by atoms with Crippen molar-refractivity contribution in [2.75, 3.05) is 5.32 Å². The minimum atomic E-state index is -0.991. The summed E-state index contributed by atoms with van der Waals surface area (Å²) >= 11 is 2.14. The maximum atomic E-state index is 10.8. The van der Waals surface area contributed by atoms with Crippen LogP contribution in [0.15, 0.2) is 16.4 Å². The van der Waals surface area contributed by atoms with E-state index >= 15 is 0 Å². The van der Waals surface area contributed by atoms with Crippen LogP contribution >= 0.6 is 22.7 Å². The number of hydrogen-bond acceptors (Lipinski definition) is 6. The maximum absolute atomic E-state index is 10.8. The normalized spacial score (nSPS) is 10.2. The second kappa shape index (κ2) is 4.45. The molecule has 2 rings (SSSR count). The fraction of sp³-hybridized carbons (Fsp3) is 0.125. The number of rotatable bonds is 4. The van der Waals surface area contributed by atoms with Crippen molar-refractivity contribution < 1.29 is 9.90 Å². The Bertz CT molecular complexity index is 557. The molecule has 2 aromatic rings. The Kier molecular flexibility index (Phi) is 3.02. The van der Waals surface area contributed by atoms with Crippen LogP contribution in [0.25, 0.3) is 0 Å². The second-order valence-corrected chi connectivity index (χ2v) is 4.73. The van der Waals surface area contributed by atoms with E-state index in [0.29, 0.717) is 11.7 Å². The van der Waals surface area contributed by atoms with Crippen molar-refractivity contribution in [1.82, 2.24) is 9.97 Å². The third-order valence-electron chi connectivity index (χ3n) is 1.72. The zero-order chi connectivity index (χ0) is 11.5. The number of aromatic nitrogens is 2. The second-order valence-electron chi connectivity index (χ2n) is 2.86. The summed E-state index contributed by atoms with van der Waals surface area (Å²) in [6.45, 7) is 0.422. The van der Waals surface area contributed by atoms with Gasteiger partial charge in [0, 0.05) is 11.1 Å². The molecule has 3 N–H and O–H groups in total. The standard InChI is InChI=1S/C8H7N3O3S2/c12-6(13)5-2-10-7(16-5)9-1-4-3-15-8(14)11-4/h2-3H,1H2,(H,9,10)(H,11,14)(H,12,13). The zero-order valence-electron chi connectivity index (χ0n) is 7.89. The molecule has 0 fully saturated rings. The number of nitrogens with zero attached hydrogens (tertiary/aromatic N) is 1. The molecule has 0 aliphatic heterocycles. The van der Waals surface area contributed by atoms with E-state index in [0.717, 1.165) is 28.4 Å². The van der Waals surface area contributed by atoms with Gasteiger partial charge in [0.2, 0.25) is 0 Å². The van der Waals surface area contributed by atoms with Crippen LogP contribution in [-0.4, -0.2) is 21.0 Å². The Labute approximate surface area is 97.6 Å². The third kappa shape index (κ3) is 2.47. The number of carboxylic acids is 1. The SMILES string of the molecule is O=C(O)c1cnc(NCc2csc(=O)[nH]2)s1. The summed E-state index contributed by atoms with van der Waals surface area (Å²) in [6, 6.07) is 0. The van der Waals surface area contributed by atoms with E-state index in [-0.39, 0.29) is 9.75 Å². The van der Waals surface area contributed by atoms with E-state index in [1.165, 1.54) is 6.20 Å². The van der Waals surface area contributed by atoms with Crippen molar-refractivity contribution in [3.63, 3.8) is 0 Å². The first-order valence-corrected chi connectivity index (χ1v) is 5.94. The van der Waals surface area contributed by atoms with E-state index in [1.807, 2.05) is 0 Å². The first-order chi connectivity index (χ1) is 7.65. The van der Waals surface area contributed by atoms with Crippen molar-refractivity contribution >= 4 is 33.8 Å². The maximum Gasteiger partial charge on any atom is 0.347 e. The molecule has 0 bridgehead atoms.